The van der Waals surface area contributed by atoms with Gasteiger partial charge in [-0.15, -0.1) is 16.4 Å². The van der Waals surface area contributed by atoms with Gasteiger partial charge in [0.15, 0.2) is 5.65 Å². The fourth-order valence-electron chi connectivity index (χ4n) is 9.57. The van der Waals surface area contributed by atoms with E-state index in [9.17, 15) is 28.7 Å². The number of nitrogens with one attached hydrogen (secondary N) is 5. The maximum atomic E-state index is 15.0. The monoisotopic (exact) mass is 1070 g/mol. The van der Waals surface area contributed by atoms with Crippen LogP contribution in [0.4, 0.5) is 20.8 Å². The van der Waals surface area contributed by atoms with E-state index in [1.54, 1.807) is 23.6 Å². The number of benzene rings is 2. The van der Waals surface area contributed by atoms with Crippen LogP contribution in [0.15, 0.2) is 60.4 Å². The second-order valence-electron chi connectivity index (χ2n) is 21.4. The maximum absolute atomic E-state index is 15.0. The Hall–Kier alpha value is -6.93. The van der Waals surface area contributed by atoms with E-state index in [0.717, 1.165) is 102 Å². The molecule has 5 amide bonds. The van der Waals surface area contributed by atoms with E-state index in [0.29, 0.717) is 48.9 Å². The number of carbonyl (C=O) groups is 4. The second kappa shape index (κ2) is 26.9. The minimum atomic E-state index is -0.893. The minimum Gasteiger partial charge on any atom is -0.391 e. The highest BCUT2D eigenvalue weighted by Crippen LogP contribution is 2.33. The summed E-state index contributed by atoms with van der Waals surface area (Å²) in [6, 6.07) is 10.4. The van der Waals surface area contributed by atoms with Gasteiger partial charge in [0.2, 0.25) is 23.7 Å². The van der Waals surface area contributed by atoms with Crippen molar-refractivity contribution in [1.29, 1.82) is 0 Å². The number of thiazole rings is 1. The third-order valence-electron chi connectivity index (χ3n) is 14.0. The number of aliphatic hydroxyl groups excluding tert-OH is 1. The van der Waals surface area contributed by atoms with Gasteiger partial charge in [-0.3, -0.25) is 19.1 Å². The van der Waals surface area contributed by atoms with Gasteiger partial charge in [-0.1, -0.05) is 82.9 Å². The van der Waals surface area contributed by atoms with Crippen molar-refractivity contribution in [3.05, 3.63) is 94.4 Å². The van der Waals surface area contributed by atoms with E-state index in [4.69, 9.17) is 4.98 Å². The first-order valence-corrected chi connectivity index (χ1v) is 28.0. The Morgan fingerprint density at radius 1 is 0.883 bits per heavy atom. The first kappa shape index (κ1) is 57.8. The summed E-state index contributed by atoms with van der Waals surface area (Å²) in [5.41, 5.74) is 8.61. The van der Waals surface area contributed by atoms with Gasteiger partial charge < -0.3 is 36.6 Å². The number of hydrogen-bond donors (Lipinski definition) is 6. The average Bonchev–Trinajstić information content (AvgIpc) is 4.19. The zero-order chi connectivity index (χ0) is 55.2. The predicted molar refractivity (Wildman–Crippen MR) is 300 cm³/mol. The molecular weight excluding hydrogens is 998 g/mol. The molecule has 1 aliphatic heterocycles. The van der Waals surface area contributed by atoms with Crippen LogP contribution in [0.2, 0.25) is 0 Å². The van der Waals surface area contributed by atoms with E-state index in [1.807, 2.05) is 95.2 Å². The largest absolute Gasteiger partial charge is 0.391 e. The molecule has 6 N–H and O–H groups in total. The van der Waals surface area contributed by atoms with Crippen LogP contribution in [0.5, 0.6) is 0 Å². The molecule has 0 bridgehead atoms. The molecule has 1 saturated heterocycles. The number of aryl methyl sites for hydroxylation is 5. The van der Waals surface area contributed by atoms with Crippen molar-refractivity contribution in [2.24, 2.45) is 5.41 Å². The number of pyridine rings is 1. The molecule has 77 heavy (non-hydrogen) atoms. The van der Waals surface area contributed by atoms with Crippen molar-refractivity contribution in [2.45, 2.75) is 163 Å². The summed E-state index contributed by atoms with van der Waals surface area (Å²) in [6.45, 7) is 17.2. The summed E-state index contributed by atoms with van der Waals surface area (Å²) in [4.78, 5) is 74.5. The van der Waals surface area contributed by atoms with Crippen molar-refractivity contribution < 1.29 is 28.7 Å². The quantitative estimate of drug-likeness (QED) is 0.0294. The van der Waals surface area contributed by atoms with Gasteiger partial charge in [-0.25, -0.2) is 24.1 Å². The molecule has 1 unspecified atom stereocenters. The lowest BCUT2D eigenvalue weighted by Gasteiger charge is -2.35. The van der Waals surface area contributed by atoms with Crippen LogP contribution in [0.3, 0.4) is 0 Å². The second-order valence-corrected chi connectivity index (χ2v) is 22.2. The van der Waals surface area contributed by atoms with Gasteiger partial charge >= 0.3 is 6.03 Å². The van der Waals surface area contributed by atoms with Crippen LogP contribution in [0, 0.1) is 32.0 Å². The zero-order valence-corrected chi connectivity index (χ0v) is 46.7. The molecule has 4 aromatic heterocycles. The van der Waals surface area contributed by atoms with Crippen LogP contribution in [0.25, 0.3) is 32.6 Å². The van der Waals surface area contributed by atoms with Crippen molar-refractivity contribution in [1.82, 2.24) is 55.8 Å². The molecule has 1 fully saturated rings. The third-order valence-corrected chi connectivity index (χ3v) is 15.0. The third kappa shape index (κ3) is 15.8. The Balaban J connectivity index is 0.805. The van der Waals surface area contributed by atoms with E-state index >= 15 is 0 Å². The number of carbonyl (C=O) groups excluding carboxylic acids is 4. The molecule has 1 aliphatic rings. The molecule has 0 spiro atoms. The van der Waals surface area contributed by atoms with Gasteiger partial charge in [0.05, 0.1) is 39.6 Å². The molecule has 0 saturated carbocycles. The maximum Gasteiger partial charge on any atom is 0.319 e. The van der Waals surface area contributed by atoms with E-state index in [2.05, 4.69) is 58.8 Å². The number of rotatable bonds is 25. The van der Waals surface area contributed by atoms with Crippen LogP contribution in [-0.2, 0) is 27.3 Å². The van der Waals surface area contributed by atoms with Crippen molar-refractivity contribution in [2.75, 3.05) is 30.3 Å². The highest BCUT2D eigenvalue weighted by molar-refractivity contribution is 7.13. The summed E-state index contributed by atoms with van der Waals surface area (Å²) in [5.74, 6) is -1.02. The molecule has 18 nitrogen and oxygen atoms in total. The van der Waals surface area contributed by atoms with Crippen LogP contribution in [0.1, 0.15) is 139 Å². The highest BCUT2D eigenvalue weighted by Gasteiger charge is 2.44. The molecule has 7 rings (SSSR count). The Bertz CT molecular complexity index is 2980. The van der Waals surface area contributed by atoms with Gasteiger partial charge in [-0.2, -0.15) is 4.98 Å². The number of aliphatic hydroxyl groups is 1. The summed E-state index contributed by atoms with van der Waals surface area (Å²) in [5, 5.41) is 34.9. The molecule has 6 aromatic rings. The number of likely N-dealkylation sites (tertiary alicyclic amines) is 1. The van der Waals surface area contributed by atoms with Crippen molar-refractivity contribution in [3.8, 4) is 21.6 Å². The minimum absolute atomic E-state index is 0.00700. The first-order valence-electron chi connectivity index (χ1n) is 27.1. The normalized spacial score (nSPS) is 15.3. The van der Waals surface area contributed by atoms with Crippen molar-refractivity contribution >= 4 is 57.8 Å². The Morgan fingerprint density at radius 2 is 1.65 bits per heavy atom. The van der Waals surface area contributed by atoms with E-state index in [-0.39, 0.29) is 48.8 Å². The molecule has 412 valence electrons. The van der Waals surface area contributed by atoms with Crippen LogP contribution in [-0.4, -0.2) is 107 Å². The number of anilines is 2. The lowest BCUT2D eigenvalue weighted by Crippen LogP contribution is -2.57. The molecule has 5 heterocycles. The Labute approximate surface area is 455 Å². The van der Waals surface area contributed by atoms with Gasteiger partial charge in [-0.05, 0) is 112 Å². The number of urea groups is 1. The van der Waals surface area contributed by atoms with Crippen LogP contribution < -0.4 is 26.6 Å². The smallest absolute Gasteiger partial charge is 0.319 e. The number of fused-ring (bicyclic) bond motifs is 1. The first-order chi connectivity index (χ1) is 36.9. The predicted octanol–water partition coefficient (Wildman–Crippen LogP) is 9.54. The number of amides is 5. The fraction of sp³-hybridized carbons (Fsp3) is 0.509. The molecule has 4 atom stereocenters. The number of unbranched alkanes of at least 4 members (excludes halogenated alkanes) is 6. The topological polar surface area (TPSA) is 234 Å². The number of aromatic nitrogens is 7. The van der Waals surface area contributed by atoms with Crippen molar-refractivity contribution in [3.63, 3.8) is 0 Å². The number of halogens is 1. The molecule has 0 aliphatic carbocycles. The molecular formula is C57H76FN13O5S. The fourth-order valence-corrected chi connectivity index (χ4v) is 10.4. The lowest BCUT2D eigenvalue weighted by atomic mass is 9.85. The lowest BCUT2D eigenvalue weighted by molar-refractivity contribution is -0.144. The average molecular weight is 1070 g/mol. The van der Waals surface area contributed by atoms with E-state index in [1.165, 1.54) is 11.0 Å². The Morgan fingerprint density at radius 3 is 2.39 bits per heavy atom. The molecule has 0 radical (unpaired) electrons. The zero-order valence-electron chi connectivity index (χ0n) is 45.8. The summed E-state index contributed by atoms with van der Waals surface area (Å²) < 4.78 is 16.8. The molecule has 2 aromatic carbocycles. The molecule has 20 heteroatoms. The standard InChI is InChI=1S/C57H76FN13O5S/c1-9-10-11-15-25-60-56(76)65-47-30-44(35(2)27-46(47)58)45-28-41-31-61-55(67-52(41)63-37(45)4)59-24-16-14-18-42-32-70(69-68-42)26-17-12-13-19-49(73)66-51(57(6,7)8)54(75)71-33-43(72)29-48(71)53(74)64-36(3)39-20-22-40(23-21-39)50-38(5)62-34-77-50/h20-23,27-28,30-32,34,36,43,48,51,72H,9-19,24-26,29,33H2,1-8H3,(H,64,74)(H,66,73)(H2,60,65,76)(H,59,61,63,67)/t36-,43+,48-,51?/m0/s1. The summed E-state index contributed by atoms with van der Waals surface area (Å²) >= 11 is 1.58. The highest BCUT2D eigenvalue weighted by atomic mass is 32.1. The van der Waals surface area contributed by atoms with Gasteiger partial charge in [0.1, 0.15) is 17.9 Å². The van der Waals surface area contributed by atoms with Gasteiger partial charge in [0.25, 0.3) is 0 Å². The van der Waals surface area contributed by atoms with Crippen LogP contribution >= 0.6 is 11.3 Å². The van der Waals surface area contributed by atoms with E-state index < -0.39 is 35.5 Å². The number of nitrogens with zero attached hydrogens (tertiary/aromatic N) is 8. The number of hydrogen-bond acceptors (Lipinski definition) is 13. The SMILES string of the molecule is CCCCCCNC(=O)Nc1cc(-c2cc3cnc(NCCCCc4cn(CCCCCC(=O)NC(C(=O)N5C[C@H](O)C[C@H]5C(=O)N[C@@H](C)c5ccc(-c6scnc6C)cc5)C(C)(C)C)nn4)nc3nc2C)c(C)cc1F. The Kier molecular flexibility index (Phi) is 20.2. The summed E-state index contributed by atoms with van der Waals surface area (Å²) in [6.07, 6.45) is 11.9. The number of β-amino-alcohol motifs (C(OH)–C–C–N with tert-alkyl or cyclic N) is 1. The van der Waals surface area contributed by atoms with Gasteiger partial charge in [0, 0.05) is 68.1 Å². The summed E-state index contributed by atoms with van der Waals surface area (Å²) in [7, 11) is 0.